The third kappa shape index (κ3) is 3.49. The van der Waals surface area contributed by atoms with Crippen LogP contribution >= 0.6 is 11.6 Å². The number of hydrogen-bond donors (Lipinski definition) is 1. The first-order chi connectivity index (χ1) is 9.16. The zero-order chi connectivity index (χ0) is 13.7. The first-order valence-corrected chi connectivity index (χ1v) is 5.68. The van der Waals surface area contributed by atoms with Crippen molar-refractivity contribution in [1.82, 2.24) is 4.98 Å². The Morgan fingerprint density at radius 3 is 2.63 bits per heavy atom. The highest BCUT2D eigenvalue weighted by Gasteiger charge is 2.03. The van der Waals surface area contributed by atoms with Crippen LogP contribution in [0.5, 0.6) is 0 Å². The molecule has 1 heterocycles. The minimum Gasteiger partial charge on any atom is -0.277 e. The molecule has 6 nitrogen and oxygen atoms in total. The lowest BCUT2D eigenvalue weighted by Gasteiger charge is -2.01. The number of anilines is 1. The Morgan fingerprint density at radius 1 is 1.32 bits per heavy atom. The molecule has 1 N–H and O–H groups in total. The number of non-ortho nitro benzene ring substituents is 1. The number of nitro groups is 1. The van der Waals surface area contributed by atoms with Gasteiger partial charge in [-0.1, -0.05) is 11.6 Å². The molecule has 0 amide bonds. The van der Waals surface area contributed by atoms with Crippen molar-refractivity contribution in [2.45, 2.75) is 0 Å². The minimum absolute atomic E-state index is 0.0212. The van der Waals surface area contributed by atoms with Crippen LogP contribution in [0.4, 0.5) is 11.4 Å². The van der Waals surface area contributed by atoms with Gasteiger partial charge in [-0.15, -0.1) is 0 Å². The zero-order valence-electron chi connectivity index (χ0n) is 9.65. The number of hydrazone groups is 1. The Hall–Kier alpha value is -2.47. The number of aromatic nitrogens is 1. The van der Waals surface area contributed by atoms with Crippen molar-refractivity contribution < 1.29 is 4.92 Å². The topological polar surface area (TPSA) is 80.4 Å². The smallest absolute Gasteiger partial charge is 0.269 e. The van der Waals surface area contributed by atoms with E-state index in [9.17, 15) is 10.1 Å². The predicted molar refractivity (Wildman–Crippen MR) is 73.3 cm³/mol. The second kappa shape index (κ2) is 5.92. The maximum Gasteiger partial charge on any atom is 0.269 e. The summed E-state index contributed by atoms with van der Waals surface area (Å²) in [6.07, 6.45) is 3.22. The SMILES string of the molecule is O=[N+]([O-])c1ccc(N/N=C(\Cl)c2cccnc2)cc1. The van der Waals surface area contributed by atoms with Gasteiger partial charge in [-0.3, -0.25) is 20.5 Å². The molecule has 7 heteroatoms. The Balaban J connectivity index is 2.08. The fourth-order valence-electron chi connectivity index (χ4n) is 1.32. The van der Waals surface area contributed by atoms with Crippen LogP contribution in [0.15, 0.2) is 53.9 Å². The lowest BCUT2D eigenvalue weighted by Crippen LogP contribution is -1.97. The number of halogens is 1. The van der Waals surface area contributed by atoms with Gasteiger partial charge in [0.05, 0.1) is 10.6 Å². The van der Waals surface area contributed by atoms with Crippen molar-refractivity contribution in [3.8, 4) is 0 Å². The van der Waals surface area contributed by atoms with Crippen LogP contribution in [-0.4, -0.2) is 15.1 Å². The lowest BCUT2D eigenvalue weighted by atomic mass is 10.3. The Morgan fingerprint density at radius 2 is 2.05 bits per heavy atom. The summed E-state index contributed by atoms with van der Waals surface area (Å²) in [6.45, 7) is 0. The third-order valence-electron chi connectivity index (χ3n) is 2.26. The molecule has 2 rings (SSSR count). The van der Waals surface area contributed by atoms with Gasteiger partial charge in [-0.25, -0.2) is 0 Å². The highest BCUT2D eigenvalue weighted by molar-refractivity contribution is 6.69. The summed E-state index contributed by atoms with van der Waals surface area (Å²) >= 11 is 5.98. The fourth-order valence-corrected chi connectivity index (χ4v) is 1.47. The molecule has 0 fully saturated rings. The standard InChI is InChI=1S/C12H9ClN4O2/c13-12(9-2-1-7-14-8-9)16-15-10-3-5-11(6-4-10)17(18)19/h1-8,15H/b16-12-. The molecule has 0 unspecified atom stereocenters. The molecule has 1 aromatic carbocycles. The molecule has 0 atom stereocenters. The minimum atomic E-state index is -0.463. The second-order valence-electron chi connectivity index (χ2n) is 3.56. The molecule has 19 heavy (non-hydrogen) atoms. The van der Waals surface area contributed by atoms with Gasteiger partial charge in [0.2, 0.25) is 0 Å². The Bertz CT molecular complexity index is 599. The number of rotatable bonds is 4. The van der Waals surface area contributed by atoms with Crippen LogP contribution in [0.25, 0.3) is 0 Å². The lowest BCUT2D eigenvalue weighted by molar-refractivity contribution is -0.384. The molecule has 1 aromatic heterocycles. The molecule has 0 spiro atoms. The van der Waals surface area contributed by atoms with Crippen molar-refractivity contribution in [3.63, 3.8) is 0 Å². The van der Waals surface area contributed by atoms with Crippen molar-refractivity contribution in [2.24, 2.45) is 5.10 Å². The van der Waals surface area contributed by atoms with Crippen LogP contribution in [0.2, 0.25) is 0 Å². The van der Waals surface area contributed by atoms with E-state index in [4.69, 9.17) is 11.6 Å². The van der Waals surface area contributed by atoms with Crippen molar-refractivity contribution in [3.05, 3.63) is 64.5 Å². The fraction of sp³-hybridized carbons (Fsp3) is 0. The van der Waals surface area contributed by atoms with Crippen LogP contribution in [0.1, 0.15) is 5.56 Å². The van der Waals surface area contributed by atoms with Gasteiger partial charge in [0.1, 0.15) is 0 Å². The molecule has 96 valence electrons. The summed E-state index contributed by atoms with van der Waals surface area (Å²) in [5.74, 6) is 0. The summed E-state index contributed by atoms with van der Waals surface area (Å²) in [6, 6.07) is 9.39. The first kappa shape index (κ1) is 13.0. The number of nitrogens with zero attached hydrogens (tertiary/aromatic N) is 3. The highest BCUT2D eigenvalue weighted by Crippen LogP contribution is 2.15. The van der Waals surface area contributed by atoms with Crippen LogP contribution in [0, 0.1) is 10.1 Å². The van der Waals surface area contributed by atoms with Gasteiger partial charge in [0.15, 0.2) is 5.17 Å². The summed E-state index contributed by atoms with van der Waals surface area (Å²) in [4.78, 5) is 14.0. The zero-order valence-corrected chi connectivity index (χ0v) is 10.4. The Labute approximate surface area is 113 Å². The molecule has 0 radical (unpaired) electrons. The van der Waals surface area contributed by atoms with E-state index in [1.54, 1.807) is 36.7 Å². The van der Waals surface area contributed by atoms with Crippen LogP contribution in [0.3, 0.4) is 0 Å². The van der Waals surface area contributed by atoms with E-state index in [2.05, 4.69) is 15.5 Å². The van der Waals surface area contributed by atoms with Crippen LogP contribution < -0.4 is 5.43 Å². The summed E-state index contributed by atoms with van der Waals surface area (Å²) in [5.41, 5.74) is 4.02. The van der Waals surface area contributed by atoms with E-state index in [0.717, 1.165) is 0 Å². The maximum atomic E-state index is 10.5. The number of benzene rings is 1. The average molecular weight is 277 g/mol. The molecule has 0 aliphatic carbocycles. The van der Waals surface area contributed by atoms with Crippen molar-refractivity contribution in [2.75, 3.05) is 5.43 Å². The van der Waals surface area contributed by atoms with Gasteiger partial charge < -0.3 is 0 Å². The largest absolute Gasteiger partial charge is 0.277 e. The van der Waals surface area contributed by atoms with Crippen molar-refractivity contribution >= 4 is 28.1 Å². The van der Waals surface area contributed by atoms with Gasteiger partial charge in [0, 0.05) is 30.1 Å². The van der Waals surface area contributed by atoms with Gasteiger partial charge >= 0.3 is 0 Å². The number of hydrogen-bond acceptors (Lipinski definition) is 5. The van der Waals surface area contributed by atoms with E-state index in [-0.39, 0.29) is 10.9 Å². The predicted octanol–water partition coefficient (Wildman–Crippen LogP) is 3.00. The average Bonchev–Trinajstić information content (AvgIpc) is 2.46. The normalized spacial score (nSPS) is 11.1. The maximum absolute atomic E-state index is 10.5. The molecular formula is C12H9ClN4O2. The third-order valence-corrected chi connectivity index (χ3v) is 2.56. The van der Waals surface area contributed by atoms with E-state index in [0.29, 0.717) is 11.3 Å². The second-order valence-corrected chi connectivity index (χ2v) is 3.92. The van der Waals surface area contributed by atoms with Gasteiger partial charge in [0.25, 0.3) is 5.69 Å². The van der Waals surface area contributed by atoms with Gasteiger partial charge in [-0.2, -0.15) is 5.10 Å². The molecule has 0 bridgehead atoms. The van der Waals surface area contributed by atoms with Crippen LogP contribution in [-0.2, 0) is 0 Å². The van der Waals surface area contributed by atoms with Gasteiger partial charge in [-0.05, 0) is 24.3 Å². The molecule has 0 saturated heterocycles. The summed E-state index contributed by atoms with van der Waals surface area (Å²) in [5, 5.41) is 14.7. The first-order valence-electron chi connectivity index (χ1n) is 5.31. The monoisotopic (exact) mass is 276 g/mol. The summed E-state index contributed by atoms with van der Waals surface area (Å²) in [7, 11) is 0. The quantitative estimate of drug-likeness (QED) is 0.529. The van der Waals surface area contributed by atoms with Crippen molar-refractivity contribution in [1.29, 1.82) is 0 Å². The molecule has 0 aliphatic rings. The number of pyridine rings is 1. The Kier molecular flexibility index (Phi) is 4.04. The van der Waals surface area contributed by atoms with E-state index >= 15 is 0 Å². The van der Waals surface area contributed by atoms with E-state index in [1.807, 2.05) is 0 Å². The molecular weight excluding hydrogens is 268 g/mol. The molecule has 0 aliphatic heterocycles. The number of nitro benzene ring substituents is 1. The van der Waals surface area contributed by atoms with E-state index < -0.39 is 4.92 Å². The molecule has 0 saturated carbocycles. The summed E-state index contributed by atoms with van der Waals surface area (Å²) < 4.78 is 0. The number of nitrogens with one attached hydrogen (secondary N) is 1. The van der Waals surface area contributed by atoms with E-state index in [1.165, 1.54) is 12.1 Å². The highest BCUT2D eigenvalue weighted by atomic mass is 35.5. The molecule has 2 aromatic rings.